The van der Waals surface area contributed by atoms with Gasteiger partial charge in [0.15, 0.2) is 0 Å². The predicted molar refractivity (Wildman–Crippen MR) is 107 cm³/mol. The van der Waals surface area contributed by atoms with Crippen LogP contribution in [0.4, 0.5) is 0 Å². The molecule has 0 N–H and O–H groups in total. The number of thioether (sulfide) groups is 1. The second kappa shape index (κ2) is 10.0. The molecule has 1 fully saturated rings. The van der Waals surface area contributed by atoms with Crippen LogP contribution in [-0.2, 0) is 11.3 Å². The average Bonchev–Trinajstić information content (AvgIpc) is 2.58. The first-order valence-corrected chi connectivity index (χ1v) is 10.2. The molecule has 0 aliphatic carbocycles. The fourth-order valence-corrected chi connectivity index (χ4v) is 4.87. The first-order valence-electron chi connectivity index (χ1n) is 8.91. The highest BCUT2D eigenvalue weighted by Crippen LogP contribution is 2.27. The van der Waals surface area contributed by atoms with Crippen molar-refractivity contribution in [2.45, 2.75) is 51.3 Å². The first kappa shape index (κ1) is 19.3. The maximum Gasteiger partial charge on any atom is 0.223 e. The Morgan fingerprint density at radius 3 is 2.62 bits per heavy atom. The molecule has 3 nitrogen and oxygen atoms in total. The van der Waals surface area contributed by atoms with E-state index >= 15 is 0 Å². The van der Waals surface area contributed by atoms with Crippen molar-refractivity contribution in [3.63, 3.8) is 0 Å². The Labute approximate surface area is 155 Å². The van der Waals surface area contributed by atoms with Crippen molar-refractivity contribution in [3.8, 4) is 0 Å². The molecule has 132 valence electrons. The molecule has 1 aliphatic heterocycles. The van der Waals surface area contributed by atoms with Gasteiger partial charge in [0.2, 0.25) is 5.91 Å². The van der Waals surface area contributed by atoms with Crippen molar-refractivity contribution >= 4 is 34.2 Å². The Bertz CT molecular complexity index is 531. The highest BCUT2D eigenvalue weighted by molar-refractivity contribution is 8.23. The summed E-state index contributed by atoms with van der Waals surface area (Å²) in [6.07, 6.45) is 3.92. The van der Waals surface area contributed by atoms with E-state index in [4.69, 9.17) is 12.2 Å². The van der Waals surface area contributed by atoms with Gasteiger partial charge in [-0.1, -0.05) is 60.7 Å². The summed E-state index contributed by atoms with van der Waals surface area (Å²) in [5, 5.41) is 0.309. The van der Waals surface area contributed by atoms with Crippen molar-refractivity contribution in [3.05, 3.63) is 35.9 Å². The van der Waals surface area contributed by atoms with Crippen LogP contribution >= 0.6 is 24.0 Å². The van der Waals surface area contributed by atoms with E-state index in [0.29, 0.717) is 11.7 Å². The molecule has 1 unspecified atom stereocenters. The molecule has 0 spiro atoms. The Hall–Kier alpha value is -1.07. The van der Waals surface area contributed by atoms with E-state index in [0.717, 1.165) is 49.8 Å². The van der Waals surface area contributed by atoms with Gasteiger partial charge in [-0.15, -0.1) is 0 Å². The van der Waals surface area contributed by atoms with Gasteiger partial charge in [0.05, 0.1) is 0 Å². The van der Waals surface area contributed by atoms with Gasteiger partial charge in [-0.05, 0) is 32.3 Å². The Balaban J connectivity index is 1.95. The molecule has 5 heteroatoms. The number of carbonyl (C=O) groups excluding carboxylic acids is 1. The lowest BCUT2D eigenvalue weighted by Crippen LogP contribution is -2.36. The molecule has 2 rings (SSSR count). The Morgan fingerprint density at radius 1 is 1.25 bits per heavy atom. The summed E-state index contributed by atoms with van der Waals surface area (Å²) >= 11 is 7.29. The van der Waals surface area contributed by atoms with Crippen LogP contribution in [0.5, 0.6) is 0 Å². The van der Waals surface area contributed by atoms with Gasteiger partial charge < -0.3 is 9.80 Å². The molecule has 24 heavy (non-hydrogen) atoms. The number of likely N-dealkylation sites (tertiary alicyclic amines) is 1. The molecular formula is C19H28N2OS2. The van der Waals surface area contributed by atoms with Crippen LogP contribution in [0.2, 0.25) is 0 Å². The van der Waals surface area contributed by atoms with Crippen LogP contribution in [0.3, 0.4) is 0 Å². The Morgan fingerprint density at radius 2 is 1.96 bits per heavy atom. The highest BCUT2D eigenvalue weighted by Gasteiger charge is 2.24. The zero-order valence-electron chi connectivity index (χ0n) is 14.7. The van der Waals surface area contributed by atoms with Crippen LogP contribution in [0.1, 0.15) is 45.1 Å². The molecule has 0 aromatic heterocycles. The average molecular weight is 365 g/mol. The van der Waals surface area contributed by atoms with E-state index in [1.165, 1.54) is 5.56 Å². The third-order valence-electron chi connectivity index (χ3n) is 4.46. The van der Waals surface area contributed by atoms with Crippen LogP contribution in [-0.4, -0.2) is 44.9 Å². The van der Waals surface area contributed by atoms with Gasteiger partial charge in [-0.25, -0.2) is 0 Å². The van der Waals surface area contributed by atoms with Crippen LogP contribution < -0.4 is 0 Å². The molecule has 1 heterocycles. The van der Waals surface area contributed by atoms with Crippen LogP contribution in [0.15, 0.2) is 30.3 Å². The van der Waals surface area contributed by atoms with Gasteiger partial charge in [0.25, 0.3) is 0 Å². The smallest absolute Gasteiger partial charge is 0.223 e. The van der Waals surface area contributed by atoms with Crippen molar-refractivity contribution in [1.29, 1.82) is 0 Å². The predicted octanol–water partition coefficient (Wildman–Crippen LogP) is 4.32. The fraction of sp³-hybridized carbons (Fsp3) is 0.579. The largest absolute Gasteiger partial charge is 0.358 e. The molecule has 1 amide bonds. The van der Waals surface area contributed by atoms with E-state index in [1.54, 1.807) is 11.8 Å². The van der Waals surface area contributed by atoms with Gasteiger partial charge in [-0.3, -0.25) is 4.79 Å². The van der Waals surface area contributed by atoms with Gasteiger partial charge in [0.1, 0.15) is 4.32 Å². The summed E-state index contributed by atoms with van der Waals surface area (Å²) in [6.45, 7) is 7.71. The van der Waals surface area contributed by atoms with Crippen molar-refractivity contribution < 1.29 is 4.79 Å². The second-order valence-electron chi connectivity index (χ2n) is 6.18. The SMILES string of the molecule is CCN(CC)C(=S)SC1CCCCN(Cc2ccccc2)C(=O)C1. The third kappa shape index (κ3) is 5.78. The minimum atomic E-state index is 0.262. The zero-order valence-corrected chi connectivity index (χ0v) is 16.4. The Kier molecular flexibility index (Phi) is 8.06. The van der Waals surface area contributed by atoms with Gasteiger partial charge >= 0.3 is 0 Å². The van der Waals surface area contributed by atoms with Crippen molar-refractivity contribution in [2.24, 2.45) is 0 Å². The number of thiocarbonyl (C=S) groups is 1. The molecule has 1 aliphatic rings. The topological polar surface area (TPSA) is 23.6 Å². The number of rotatable bonds is 5. The van der Waals surface area contributed by atoms with E-state index in [1.807, 2.05) is 23.1 Å². The van der Waals surface area contributed by atoms with Crippen LogP contribution in [0.25, 0.3) is 0 Å². The summed E-state index contributed by atoms with van der Waals surface area (Å²) in [4.78, 5) is 16.9. The van der Waals surface area contributed by atoms with Crippen molar-refractivity contribution in [2.75, 3.05) is 19.6 Å². The molecular weight excluding hydrogens is 336 g/mol. The number of carbonyl (C=O) groups is 1. The fourth-order valence-electron chi connectivity index (χ4n) is 3.00. The zero-order chi connectivity index (χ0) is 17.4. The van der Waals surface area contributed by atoms with Crippen molar-refractivity contribution in [1.82, 2.24) is 9.80 Å². The second-order valence-corrected chi connectivity index (χ2v) is 8.11. The van der Waals surface area contributed by atoms with Gasteiger partial charge in [-0.2, -0.15) is 0 Å². The molecule has 0 saturated carbocycles. The van der Waals surface area contributed by atoms with E-state index in [2.05, 4.69) is 30.9 Å². The number of hydrogen-bond acceptors (Lipinski definition) is 3. The standard InChI is InChI=1S/C19H28N2OS2/c1-3-20(4-2)19(23)24-17-12-8-9-13-21(18(22)14-17)15-16-10-6-5-7-11-16/h5-7,10-11,17H,3-4,8-9,12-15H2,1-2H3. The number of nitrogens with zero attached hydrogens (tertiary/aromatic N) is 2. The lowest BCUT2D eigenvalue weighted by molar-refractivity contribution is -0.132. The summed E-state index contributed by atoms with van der Waals surface area (Å²) in [5.41, 5.74) is 1.20. The lowest BCUT2D eigenvalue weighted by atomic mass is 10.1. The minimum Gasteiger partial charge on any atom is -0.358 e. The third-order valence-corrected chi connectivity index (χ3v) is 6.21. The highest BCUT2D eigenvalue weighted by atomic mass is 32.2. The number of amides is 1. The minimum absolute atomic E-state index is 0.262. The lowest BCUT2D eigenvalue weighted by Gasteiger charge is -2.30. The maximum atomic E-state index is 12.7. The van der Waals surface area contributed by atoms with E-state index in [-0.39, 0.29) is 5.91 Å². The summed E-state index contributed by atoms with van der Waals surface area (Å²) < 4.78 is 0.938. The van der Waals surface area contributed by atoms with Crippen LogP contribution in [0, 0.1) is 0 Å². The quantitative estimate of drug-likeness (QED) is 0.726. The molecule has 1 saturated heterocycles. The summed E-state index contributed by atoms with van der Waals surface area (Å²) in [6, 6.07) is 10.3. The number of hydrogen-bond donors (Lipinski definition) is 0. The molecule has 1 aromatic rings. The van der Waals surface area contributed by atoms with E-state index in [9.17, 15) is 4.79 Å². The monoisotopic (exact) mass is 364 g/mol. The molecule has 0 bridgehead atoms. The molecule has 1 aromatic carbocycles. The molecule has 1 atom stereocenters. The van der Waals surface area contributed by atoms with E-state index < -0.39 is 0 Å². The summed E-state index contributed by atoms with van der Waals surface area (Å²) in [5.74, 6) is 0.262. The first-order chi connectivity index (χ1) is 11.6. The maximum absolute atomic E-state index is 12.7. The summed E-state index contributed by atoms with van der Waals surface area (Å²) in [7, 11) is 0. The molecule has 0 radical (unpaired) electrons. The normalized spacial score (nSPS) is 18.8. The van der Waals surface area contributed by atoms with Gasteiger partial charge in [0, 0.05) is 37.8 Å². The number of benzene rings is 1.